The molecule has 4 aromatic rings. The molecule has 0 aliphatic carbocycles. The highest BCUT2D eigenvalue weighted by atomic mass is 35.5. The number of nitrogens with one attached hydrogen (secondary N) is 1. The third-order valence-corrected chi connectivity index (χ3v) is 11.1. The van der Waals surface area contributed by atoms with Crippen LogP contribution >= 0.6 is 11.6 Å². The molecule has 3 aliphatic heterocycles. The Bertz CT molecular complexity index is 2070. The largest absolute Gasteiger partial charge is 0.444 e. The number of hydrogen-bond acceptors (Lipinski definition) is 8. The lowest BCUT2D eigenvalue weighted by molar-refractivity contribution is 0.0220. The molecule has 280 valence electrons. The third kappa shape index (κ3) is 7.49. The van der Waals surface area contributed by atoms with Gasteiger partial charge >= 0.3 is 6.09 Å². The first-order chi connectivity index (χ1) is 25.3. The number of Topliss-reactive ketones (excluding diaryl/α,β-unsaturated/α-hetero) is 1. The van der Waals surface area contributed by atoms with Gasteiger partial charge in [0.1, 0.15) is 5.60 Å². The lowest BCUT2D eigenvalue weighted by atomic mass is 9.93. The van der Waals surface area contributed by atoms with Gasteiger partial charge in [-0.3, -0.25) is 14.5 Å². The van der Waals surface area contributed by atoms with E-state index in [0.717, 1.165) is 84.9 Å². The van der Waals surface area contributed by atoms with E-state index < -0.39 is 17.6 Å². The van der Waals surface area contributed by atoms with Gasteiger partial charge in [0.15, 0.2) is 11.6 Å². The van der Waals surface area contributed by atoms with Gasteiger partial charge in [0, 0.05) is 89.2 Å². The second-order valence-electron chi connectivity index (χ2n) is 15.3. The predicted molar refractivity (Wildman–Crippen MR) is 202 cm³/mol. The fraction of sp³-hybridized carbons (Fsp3) is 0.475. The van der Waals surface area contributed by atoms with Crippen LogP contribution in [0.5, 0.6) is 0 Å². The number of imidazole rings is 2. The lowest BCUT2D eigenvalue weighted by Crippen LogP contribution is -2.42. The predicted octanol–water partition coefficient (Wildman–Crippen LogP) is 6.29. The van der Waals surface area contributed by atoms with E-state index in [1.165, 1.54) is 0 Å². The molecule has 1 fully saturated rings. The summed E-state index contributed by atoms with van der Waals surface area (Å²) < 4.78 is 14.9. The van der Waals surface area contributed by atoms with Crippen LogP contribution in [0.15, 0.2) is 36.4 Å². The molecular formula is C40H48ClN7O5. The summed E-state index contributed by atoms with van der Waals surface area (Å²) in [4.78, 5) is 53.7. The number of anilines is 1. The van der Waals surface area contributed by atoms with E-state index in [0.29, 0.717) is 41.2 Å². The van der Waals surface area contributed by atoms with Crippen molar-refractivity contribution in [1.82, 2.24) is 28.9 Å². The van der Waals surface area contributed by atoms with Crippen LogP contribution in [0, 0.1) is 6.92 Å². The molecule has 0 atom stereocenters. The van der Waals surface area contributed by atoms with Crippen molar-refractivity contribution in [2.75, 3.05) is 31.6 Å². The molecule has 12 nitrogen and oxygen atoms in total. The van der Waals surface area contributed by atoms with Crippen molar-refractivity contribution >= 4 is 35.1 Å². The molecule has 0 unspecified atom stereocenters. The maximum Gasteiger partial charge on any atom is 0.410 e. The third-order valence-electron chi connectivity index (χ3n) is 10.7. The van der Waals surface area contributed by atoms with Crippen LogP contribution in [-0.4, -0.2) is 84.6 Å². The molecule has 0 bridgehead atoms. The SMILES string of the molecule is Cc1c(CC(=O)c2nc3c(n2C)CCN(C2CCOCC2)C3)cccc1-c1cccc(NC(=O)c2nc3c(n2C)CCN(C(=O)OC(C)(C)C)C3)c1Cl. The summed E-state index contributed by atoms with van der Waals surface area (Å²) in [5.74, 6) is 0.282. The Hall–Kier alpha value is -4.52. The summed E-state index contributed by atoms with van der Waals surface area (Å²) in [5, 5.41) is 3.34. The number of carbonyl (C=O) groups is 3. The summed E-state index contributed by atoms with van der Waals surface area (Å²) >= 11 is 7.00. The molecule has 13 heteroatoms. The van der Waals surface area contributed by atoms with Crippen LogP contribution in [0.2, 0.25) is 5.02 Å². The highest BCUT2D eigenvalue weighted by Gasteiger charge is 2.32. The number of ketones is 1. The molecule has 0 radical (unpaired) electrons. The minimum atomic E-state index is -0.606. The number of hydrogen-bond donors (Lipinski definition) is 1. The molecule has 2 amide bonds. The van der Waals surface area contributed by atoms with Gasteiger partial charge in [-0.15, -0.1) is 0 Å². The first-order valence-electron chi connectivity index (χ1n) is 18.4. The molecule has 0 spiro atoms. The van der Waals surface area contributed by atoms with E-state index in [9.17, 15) is 14.4 Å². The van der Waals surface area contributed by atoms with Gasteiger partial charge in [-0.1, -0.05) is 41.9 Å². The van der Waals surface area contributed by atoms with Crippen LogP contribution in [-0.2, 0) is 55.9 Å². The normalized spacial score (nSPS) is 16.6. The van der Waals surface area contributed by atoms with Crippen LogP contribution in [0.1, 0.15) is 88.8 Å². The van der Waals surface area contributed by atoms with Crippen molar-refractivity contribution in [3.05, 3.63) is 87.0 Å². The Morgan fingerprint density at radius 2 is 1.55 bits per heavy atom. The van der Waals surface area contributed by atoms with Gasteiger partial charge in [0.2, 0.25) is 5.78 Å². The molecule has 1 saturated heterocycles. The summed E-state index contributed by atoms with van der Waals surface area (Å²) in [6, 6.07) is 11.9. The van der Waals surface area contributed by atoms with E-state index in [1.807, 2.05) is 69.6 Å². The number of nitrogens with zero attached hydrogens (tertiary/aromatic N) is 6. The van der Waals surface area contributed by atoms with Crippen molar-refractivity contribution in [3.63, 3.8) is 0 Å². The topological polar surface area (TPSA) is 124 Å². The highest BCUT2D eigenvalue weighted by molar-refractivity contribution is 6.36. The second kappa shape index (κ2) is 14.7. The van der Waals surface area contributed by atoms with E-state index in [2.05, 4.69) is 15.2 Å². The quantitative estimate of drug-likeness (QED) is 0.219. The molecule has 2 aromatic carbocycles. The monoisotopic (exact) mass is 741 g/mol. The van der Waals surface area contributed by atoms with Crippen LogP contribution in [0.25, 0.3) is 11.1 Å². The van der Waals surface area contributed by atoms with Crippen LogP contribution in [0.4, 0.5) is 10.5 Å². The molecule has 2 aromatic heterocycles. The maximum atomic E-state index is 13.8. The zero-order valence-corrected chi connectivity index (χ0v) is 32.2. The molecule has 3 aliphatic rings. The first kappa shape index (κ1) is 36.8. The average molecular weight is 742 g/mol. The Balaban J connectivity index is 1.06. The zero-order chi connectivity index (χ0) is 37.6. The average Bonchev–Trinajstić information content (AvgIpc) is 3.65. The van der Waals surface area contributed by atoms with Gasteiger partial charge in [0.05, 0.1) is 28.6 Å². The molecule has 1 N–H and O–H groups in total. The number of benzene rings is 2. The second-order valence-corrected chi connectivity index (χ2v) is 15.7. The summed E-state index contributed by atoms with van der Waals surface area (Å²) in [6.07, 6.45) is 3.30. The number of rotatable bonds is 7. The van der Waals surface area contributed by atoms with E-state index >= 15 is 0 Å². The van der Waals surface area contributed by atoms with Gasteiger partial charge in [-0.2, -0.15) is 0 Å². The highest BCUT2D eigenvalue weighted by Crippen LogP contribution is 2.37. The smallest absolute Gasteiger partial charge is 0.410 e. The number of halogens is 1. The molecular weight excluding hydrogens is 694 g/mol. The van der Waals surface area contributed by atoms with Crippen molar-refractivity contribution < 1.29 is 23.9 Å². The van der Waals surface area contributed by atoms with Crippen molar-refractivity contribution in [3.8, 4) is 11.1 Å². The van der Waals surface area contributed by atoms with Crippen LogP contribution < -0.4 is 5.32 Å². The first-order valence-corrected chi connectivity index (χ1v) is 18.8. The zero-order valence-electron chi connectivity index (χ0n) is 31.4. The Kier molecular flexibility index (Phi) is 10.2. The molecule has 5 heterocycles. The number of aromatic nitrogens is 4. The molecule has 53 heavy (non-hydrogen) atoms. The van der Waals surface area contributed by atoms with Crippen molar-refractivity contribution in [1.29, 1.82) is 0 Å². The summed E-state index contributed by atoms with van der Waals surface area (Å²) in [7, 11) is 3.76. The van der Waals surface area contributed by atoms with Crippen molar-refractivity contribution in [2.45, 2.75) is 84.5 Å². The van der Waals surface area contributed by atoms with E-state index in [4.69, 9.17) is 26.1 Å². The number of amides is 2. The van der Waals surface area contributed by atoms with Crippen molar-refractivity contribution in [2.24, 2.45) is 14.1 Å². The lowest BCUT2D eigenvalue weighted by Gasteiger charge is -2.36. The van der Waals surface area contributed by atoms with Gasteiger partial charge < -0.3 is 28.8 Å². The summed E-state index contributed by atoms with van der Waals surface area (Å²) in [5.41, 5.74) is 6.98. The maximum absolute atomic E-state index is 13.8. The van der Waals surface area contributed by atoms with Gasteiger partial charge in [-0.25, -0.2) is 14.8 Å². The molecule has 0 saturated carbocycles. The number of carbonyl (C=O) groups excluding carboxylic acids is 3. The Labute approximate surface area is 315 Å². The van der Waals surface area contributed by atoms with E-state index in [-0.39, 0.29) is 24.6 Å². The molecule has 7 rings (SSSR count). The fourth-order valence-electron chi connectivity index (χ4n) is 7.81. The fourth-order valence-corrected chi connectivity index (χ4v) is 8.08. The summed E-state index contributed by atoms with van der Waals surface area (Å²) in [6.45, 7) is 11.5. The Morgan fingerprint density at radius 1 is 0.906 bits per heavy atom. The number of fused-ring (bicyclic) bond motifs is 2. The minimum absolute atomic E-state index is 0.0288. The standard InChI is InChI=1S/C40H48ClN7O5/c1-24-25(21-34(49)36-42-30-22-47(17-13-32(30)45(36)5)26-15-19-52-20-16-26)9-7-10-27(24)28-11-8-12-29(35(28)41)44-38(50)37-43-31-23-48(18-14-33(31)46(37)6)39(51)53-40(2,3)4/h7-12,26H,13-23H2,1-6H3,(H,44,50). The van der Waals surface area contributed by atoms with E-state index in [1.54, 1.807) is 22.6 Å². The van der Waals surface area contributed by atoms with Gasteiger partial charge in [0.25, 0.3) is 5.91 Å². The van der Waals surface area contributed by atoms with Gasteiger partial charge in [-0.05, 0) is 63.3 Å². The van der Waals surface area contributed by atoms with Crippen LogP contribution in [0.3, 0.4) is 0 Å². The number of ether oxygens (including phenoxy) is 2. The Morgan fingerprint density at radius 3 is 2.28 bits per heavy atom. The minimum Gasteiger partial charge on any atom is -0.444 e.